The summed E-state index contributed by atoms with van der Waals surface area (Å²) < 4.78 is 16.3. The van der Waals surface area contributed by atoms with Crippen molar-refractivity contribution in [3.8, 4) is 11.5 Å². The second kappa shape index (κ2) is 8.46. The Bertz CT molecular complexity index is 1030. The highest BCUT2D eigenvalue weighted by molar-refractivity contribution is 6.04. The van der Waals surface area contributed by atoms with Gasteiger partial charge in [-0.2, -0.15) is 0 Å². The third-order valence-corrected chi connectivity index (χ3v) is 4.69. The molecule has 0 aliphatic carbocycles. The van der Waals surface area contributed by atoms with Crippen molar-refractivity contribution in [3.05, 3.63) is 53.8 Å². The molecule has 0 bridgehead atoms. The number of benzene rings is 2. The van der Waals surface area contributed by atoms with Crippen LogP contribution in [0.5, 0.6) is 11.5 Å². The molecule has 0 saturated heterocycles. The number of anilines is 1. The van der Waals surface area contributed by atoms with Crippen LogP contribution in [-0.4, -0.2) is 50.7 Å². The van der Waals surface area contributed by atoms with E-state index in [-0.39, 0.29) is 24.4 Å². The fraction of sp³-hybridized carbons (Fsp3) is 0.273. The van der Waals surface area contributed by atoms with Gasteiger partial charge >= 0.3 is 0 Å². The van der Waals surface area contributed by atoms with E-state index in [2.05, 4.69) is 10.6 Å². The maximum absolute atomic E-state index is 12.5. The molecule has 0 atom stereocenters. The number of hydrogen-bond donors (Lipinski definition) is 2. The van der Waals surface area contributed by atoms with Gasteiger partial charge in [0.05, 0.1) is 6.42 Å². The molecule has 0 fully saturated rings. The van der Waals surface area contributed by atoms with Crippen LogP contribution in [-0.2, 0) is 11.2 Å². The molecule has 3 aromatic rings. The molecular weight excluding hydrogens is 386 g/mol. The van der Waals surface area contributed by atoms with Gasteiger partial charge < -0.3 is 29.4 Å². The Hall–Kier alpha value is -3.52. The SMILES string of the molecule is CN(C)CCNC(=O)Cc1ccc(NC(=O)c2cc3cc4c(cc3o2)OCO4)cc1. The number of nitrogens with zero attached hydrogens (tertiary/aromatic N) is 1. The molecule has 0 unspecified atom stereocenters. The molecule has 156 valence electrons. The summed E-state index contributed by atoms with van der Waals surface area (Å²) in [5.74, 6) is 1.04. The molecule has 1 aromatic heterocycles. The van der Waals surface area contributed by atoms with Crippen molar-refractivity contribution in [1.82, 2.24) is 10.2 Å². The van der Waals surface area contributed by atoms with Gasteiger partial charge in [-0.1, -0.05) is 12.1 Å². The quantitative estimate of drug-likeness (QED) is 0.623. The molecule has 0 saturated carbocycles. The van der Waals surface area contributed by atoms with Crippen LogP contribution in [0.4, 0.5) is 5.69 Å². The highest BCUT2D eigenvalue weighted by atomic mass is 16.7. The van der Waals surface area contributed by atoms with Crippen molar-refractivity contribution in [1.29, 1.82) is 0 Å². The van der Waals surface area contributed by atoms with E-state index >= 15 is 0 Å². The summed E-state index contributed by atoms with van der Waals surface area (Å²) in [5.41, 5.74) is 2.04. The topological polar surface area (TPSA) is 93.0 Å². The lowest BCUT2D eigenvalue weighted by molar-refractivity contribution is -0.120. The van der Waals surface area contributed by atoms with E-state index in [0.29, 0.717) is 35.7 Å². The molecule has 2 aromatic carbocycles. The van der Waals surface area contributed by atoms with Crippen LogP contribution in [0.15, 0.2) is 46.9 Å². The first kappa shape index (κ1) is 19.8. The van der Waals surface area contributed by atoms with E-state index in [9.17, 15) is 9.59 Å². The van der Waals surface area contributed by atoms with Crippen molar-refractivity contribution in [3.63, 3.8) is 0 Å². The average Bonchev–Trinajstić information content (AvgIpc) is 3.33. The summed E-state index contributed by atoms with van der Waals surface area (Å²) in [7, 11) is 3.92. The minimum absolute atomic E-state index is 0.0317. The Morgan fingerprint density at radius 1 is 1.03 bits per heavy atom. The Morgan fingerprint density at radius 3 is 2.50 bits per heavy atom. The largest absolute Gasteiger partial charge is 0.454 e. The molecule has 8 nitrogen and oxygen atoms in total. The molecule has 4 rings (SSSR count). The van der Waals surface area contributed by atoms with Gasteiger partial charge in [0.25, 0.3) is 5.91 Å². The summed E-state index contributed by atoms with van der Waals surface area (Å²) in [5, 5.41) is 6.45. The van der Waals surface area contributed by atoms with Gasteiger partial charge in [0.2, 0.25) is 12.7 Å². The number of furan rings is 1. The van der Waals surface area contributed by atoms with Crippen molar-refractivity contribution in [2.45, 2.75) is 6.42 Å². The first-order valence-corrected chi connectivity index (χ1v) is 9.63. The normalized spacial score (nSPS) is 12.4. The van der Waals surface area contributed by atoms with Crippen LogP contribution in [0.2, 0.25) is 0 Å². The first-order valence-electron chi connectivity index (χ1n) is 9.63. The van der Waals surface area contributed by atoms with Crippen molar-refractivity contribution in [2.24, 2.45) is 0 Å². The smallest absolute Gasteiger partial charge is 0.291 e. The predicted molar refractivity (Wildman–Crippen MR) is 112 cm³/mol. The third kappa shape index (κ3) is 4.55. The van der Waals surface area contributed by atoms with E-state index in [0.717, 1.165) is 17.5 Å². The van der Waals surface area contributed by atoms with E-state index < -0.39 is 0 Å². The Morgan fingerprint density at radius 2 is 1.77 bits per heavy atom. The molecule has 1 aliphatic heterocycles. The zero-order chi connectivity index (χ0) is 21.1. The molecule has 0 spiro atoms. The van der Waals surface area contributed by atoms with Gasteiger partial charge in [-0.15, -0.1) is 0 Å². The lowest BCUT2D eigenvalue weighted by Crippen LogP contribution is -2.32. The second-order valence-electron chi connectivity index (χ2n) is 7.33. The van der Waals surface area contributed by atoms with Gasteiger partial charge in [0.15, 0.2) is 17.3 Å². The van der Waals surface area contributed by atoms with Gasteiger partial charge in [0, 0.05) is 30.2 Å². The van der Waals surface area contributed by atoms with E-state index in [4.69, 9.17) is 13.9 Å². The number of hydrogen-bond acceptors (Lipinski definition) is 6. The Kier molecular flexibility index (Phi) is 5.58. The number of ether oxygens (including phenoxy) is 2. The lowest BCUT2D eigenvalue weighted by Gasteiger charge is -2.10. The van der Waals surface area contributed by atoms with Gasteiger partial charge in [-0.25, -0.2) is 0 Å². The number of carbonyl (C=O) groups excluding carboxylic acids is 2. The highest BCUT2D eigenvalue weighted by Gasteiger charge is 2.19. The maximum Gasteiger partial charge on any atom is 0.291 e. The van der Waals surface area contributed by atoms with Gasteiger partial charge in [-0.05, 0) is 43.9 Å². The highest BCUT2D eigenvalue weighted by Crippen LogP contribution is 2.37. The lowest BCUT2D eigenvalue weighted by atomic mass is 10.1. The van der Waals surface area contributed by atoms with Gasteiger partial charge in [-0.3, -0.25) is 9.59 Å². The summed E-state index contributed by atoms with van der Waals surface area (Å²) in [6.07, 6.45) is 0.292. The Balaban J connectivity index is 1.35. The van der Waals surface area contributed by atoms with Gasteiger partial charge in [0.1, 0.15) is 5.58 Å². The minimum Gasteiger partial charge on any atom is -0.454 e. The number of carbonyl (C=O) groups is 2. The third-order valence-electron chi connectivity index (χ3n) is 4.69. The van der Waals surface area contributed by atoms with Crippen LogP contribution >= 0.6 is 0 Å². The monoisotopic (exact) mass is 409 g/mol. The molecule has 30 heavy (non-hydrogen) atoms. The molecule has 2 amide bonds. The number of amides is 2. The molecule has 2 heterocycles. The van der Waals surface area contributed by atoms with Crippen molar-refractivity contribution >= 4 is 28.5 Å². The number of nitrogens with one attached hydrogen (secondary N) is 2. The second-order valence-corrected chi connectivity index (χ2v) is 7.33. The van der Waals surface area contributed by atoms with Crippen LogP contribution in [0.25, 0.3) is 11.0 Å². The summed E-state index contributed by atoms with van der Waals surface area (Å²) in [6.45, 7) is 1.59. The predicted octanol–water partition coefficient (Wildman–Crippen LogP) is 2.63. The van der Waals surface area contributed by atoms with Crippen LogP contribution in [0, 0.1) is 0 Å². The standard InChI is InChI=1S/C22H23N3O5/c1-25(2)8-7-23-21(26)9-14-3-5-16(6-4-14)24-22(27)20-11-15-10-18-19(29-13-28-18)12-17(15)30-20/h3-6,10-12H,7-9,13H2,1-2H3,(H,23,26)(H,24,27). The molecule has 1 aliphatic rings. The minimum atomic E-state index is -0.359. The van der Waals surface area contributed by atoms with E-state index in [1.165, 1.54) is 0 Å². The maximum atomic E-state index is 12.5. The van der Waals surface area contributed by atoms with Crippen LogP contribution < -0.4 is 20.1 Å². The zero-order valence-corrected chi connectivity index (χ0v) is 16.9. The van der Waals surface area contributed by atoms with Crippen molar-refractivity contribution < 1.29 is 23.5 Å². The number of likely N-dealkylation sites (N-methyl/N-ethyl adjacent to an activating group) is 1. The molecular formula is C22H23N3O5. The fourth-order valence-electron chi connectivity index (χ4n) is 3.11. The fourth-order valence-corrected chi connectivity index (χ4v) is 3.11. The molecule has 0 radical (unpaired) electrons. The van der Waals surface area contributed by atoms with Crippen LogP contribution in [0.3, 0.4) is 0 Å². The molecule has 8 heteroatoms. The van der Waals surface area contributed by atoms with E-state index in [1.807, 2.05) is 31.1 Å². The zero-order valence-electron chi connectivity index (χ0n) is 16.9. The molecule has 2 N–H and O–H groups in total. The number of rotatable bonds is 7. The summed E-state index contributed by atoms with van der Waals surface area (Å²) in [6, 6.07) is 12.3. The summed E-state index contributed by atoms with van der Waals surface area (Å²) >= 11 is 0. The van der Waals surface area contributed by atoms with Crippen LogP contribution in [0.1, 0.15) is 16.1 Å². The first-order chi connectivity index (χ1) is 14.5. The van der Waals surface area contributed by atoms with Crippen molar-refractivity contribution in [2.75, 3.05) is 39.3 Å². The summed E-state index contributed by atoms with van der Waals surface area (Å²) in [4.78, 5) is 26.5. The number of fused-ring (bicyclic) bond motifs is 2. The van der Waals surface area contributed by atoms with E-state index in [1.54, 1.807) is 30.3 Å². The average molecular weight is 409 g/mol. The Labute approximate surface area is 173 Å².